The second-order valence-corrected chi connectivity index (χ2v) is 8.01. The largest absolute Gasteiger partial charge is 0.351 e. The molecule has 1 saturated heterocycles. The van der Waals surface area contributed by atoms with Gasteiger partial charge < -0.3 is 14.8 Å². The number of nitrogens with one attached hydrogen (secondary N) is 1. The first-order chi connectivity index (χ1) is 13.5. The van der Waals surface area contributed by atoms with Crippen LogP contribution >= 0.6 is 12.2 Å². The number of anilines is 1. The summed E-state index contributed by atoms with van der Waals surface area (Å²) in [5.74, 6) is 0. The van der Waals surface area contributed by atoms with Crippen molar-refractivity contribution in [1.29, 1.82) is 0 Å². The zero-order valence-corrected chi connectivity index (χ0v) is 17.6. The van der Waals surface area contributed by atoms with Crippen molar-refractivity contribution in [3.8, 4) is 0 Å². The number of aryl methyl sites for hydroxylation is 1. The molecule has 4 nitrogen and oxygen atoms in total. The summed E-state index contributed by atoms with van der Waals surface area (Å²) in [6, 6.07) is 19.2. The molecule has 2 aromatic heterocycles. The van der Waals surface area contributed by atoms with Crippen molar-refractivity contribution in [2.24, 2.45) is 0 Å². The maximum Gasteiger partial charge on any atom is 0.174 e. The van der Waals surface area contributed by atoms with Crippen molar-refractivity contribution in [2.75, 3.05) is 4.90 Å². The van der Waals surface area contributed by atoms with Crippen LogP contribution in [0.25, 0.3) is 0 Å². The maximum atomic E-state index is 5.79. The van der Waals surface area contributed by atoms with Gasteiger partial charge in [0.25, 0.3) is 0 Å². The van der Waals surface area contributed by atoms with Crippen molar-refractivity contribution in [2.45, 2.75) is 45.8 Å². The summed E-state index contributed by atoms with van der Waals surface area (Å²) in [4.78, 5) is 6.87. The lowest BCUT2D eigenvalue weighted by atomic mass is 9.96. The number of aromatic nitrogens is 2. The Hall–Kier alpha value is -2.66. The lowest BCUT2D eigenvalue weighted by Gasteiger charge is -2.28. The van der Waals surface area contributed by atoms with E-state index in [1.807, 2.05) is 24.4 Å². The van der Waals surface area contributed by atoms with Crippen LogP contribution in [0, 0.1) is 13.8 Å². The molecule has 0 spiro atoms. The molecule has 2 atom stereocenters. The zero-order chi connectivity index (χ0) is 19.8. The molecule has 3 aromatic rings. The van der Waals surface area contributed by atoms with Crippen LogP contribution in [0.4, 0.5) is 5.69 Å². The Balaban J connectivity index is 1.89. The number of thiocarbonyl (C=S) groups is 1. The highest BCUT2D eigenvalue weighted by molar-refractivity contribution is 7.80. The van der Waals surface area contributed by atoms with Gasteiger partial charge in [-0.2, -0.15) is 0 Å². The first kappa shape index (κ1) is 18.7. The Kier molecular flexibility index (Phi) is 4.94. The topological polar surface area (TPSA) is 33.1 Å². The van der Waals surface area contributed by atoms with Gasteiger partial charge in [-0.3, -0.25) is 4.98 Å². The Labute approximate surface area is 172 Å². The number of para-hydroxylation sites is 1. The molecule has 1 aromatic carbocycles. The molecule has 5 heteroatoms. The third-order valence-electron chi connectivity index (χ3n) is 5.49. The number of nitrogens with zero attached hydrogens (tertiary/aromatic N) is 3. The van der Waals surface area contributed by atoms with Crippen LogP contribution in [-0.2, 0) is 0 Å². The van der Waals surface area contributed by atoms with Crippen LogP contribution in [0.3, 0.4) is 0 Å². The van der Waals surface area contributed by atoms with Crippen LogP contribution in [0.15, 0.2) is 60.8 Å². The fourth-order valence-electron chi connectivity index (χ4n) is 4.43. The highest BCUT2D eigenvalue weighted by atomic mass is 32.1. The van der Waals surface area contributed by atoms with Gasteiger partial charge >= 0.3 is 0 Å². The predicted octanol–water partition coefficient (Wildman–Crippen LogP) is 5.26. The molecule has 0 saturated carbocycles. The molecule has 0 unspecified atom stereocenters. The van der Waals surface area contributed by atoms with Gasteiger partial charge in [-0.05, 0) is 75.8 Å². The molecule has 1 fully saturated rings. The average Bonchev–Trinajstić information content (AvgIpc) is 3.18. The van der Waals surface area contributed by atoms with Gasteiger partial charge in [-0.15, -0.1) is 0 Å². The Morgan fingerprint density at radius 3 is 2.36 bits per heavy atom. The minimum atomic E-state index is -0.00461. The average molecular weight is 391 g/mol. The summed E-state index contributed by atoms with van der Waals surface area (Å²) in [5.41, 5.74) is 5.94. The summed E-state index contributed by atoms with van der Waals surface area (Å²) in [7, 11) is 0. The third-order valence-corrected chi connectivity index (χ3v) is 5.81. The second-order valence-electron chi connectivity index (χ2n) is 7.62. The van der Waals surface area contributed by atoms with E-state index in [4.69, 9.17) is 12.2 Å². The van der Waals surface area contributed by atoms with E-state index in [-0.39, 0.29) is 12.1 Å². The normalized spacial score (nSPS) is 19.3. The first-order valence-electron chi connectivity index (χ1n) is 9.73. The van der Waals surface area contributed by atoms with Crippen molar-refractivity contribution >= 4 is 23.0 Å². The number of hydrogen-bond acceptors (Lipinski definition) is 2. The molecular weight excluding hydrogens is 364 g/mol. The van der Waals surface area contributed by atoms with Gasteiger partial charge in [-0.25, -0.2) is 0 Å². The zero-order valence-electron chi connectivity index (χ0n) is 16.8. The summed E-state index contributed by atoms with van der Waals surface area (Å²) >= 11 is 5.79. The van der Waals surface area contributed by atoms with Gasteiger partial charge in [0.2, 0.25) is 0 Å². The Morgan fingerprint density at radius 1 is 1.04 bits per heavy atom. The molecule has 0 amide bonds. The van der Waals surface area contributed by atoms with Gasteiger partial charge in [0.05, 0.1) is 17.8 Å². The molecule has 0 bridgehead atoms. The van der Waals surface area contributed by atoms with Crippen molar-refractivity contribution in [3.05, 3.63) is 83.4 Å². The number of pyridine rings is 1. The third kappa shape index (κ3) is 3.10. The molecule has 0 radical (unpaired) electrons. The Bertz CT molecular complexity index is 979. The van der Waals surface area contributed by atoms with Crippen LogP contribution in [0.5, 0.6) is 0 Å². The standard InChI is InChI=1S/C23H26N4S/c1-15(2)26-16(3)14-19(17(26)4)22-21(20-12-8-9-13-24-20)25-23(28)27(22)18-10-6-5-7-11-18/h5-15,21-22H,1-4H3,(H,25,28)/t21-,22+/m1/s1. The number of hydrogen-bond donors (Lipinski definition) is 1. The van der Waals surface area contributed by atoms with E-state index in [1.54, 1.807) is 0 Å². The minimum absolute atomic E-state index is 0.00461. The fourth-order valence-corrected chi connectivity index (χ4v) is 4.78. The SMILES string of the molecule is Cc1cc([C@H]2[C@@H](c3ccccn3)NC(=S)N2c2ccccc2)c(C)n1C(C)C. The van der Waals surface area contributed by atoms with E-state index < -0.39 is 0 Å². The number of rotatable bonds is 4. The molecule has 144 valence electrons. The van der Waals surface area contributed by atoms with Crippen LogP contribution in [0.1, 0.15) is 54.6 Å². The summed E-state index contributed by atoms with van der Waals surface area (Å²) < 4.78 is 2.40. The fraction of sp³-hybridized carbons (Fsp3) is 0.304. The summed E-state index contributed by atoms with van der Waals surface area (Å²) in [6.07, 6.45) is 1.85. The van der Waals surface area contributed by atoms with Gasteiger partial charge in [-0.1, -0.05) is 24.3 Å². The van der Waals surface area contributed by atoms with Gasteiger partial charge in [0, 0.05) is 29.3 Å². The Morgan fingerprint density at radius 2 is 1.75 bits per heavy atom. The molecule has 1 aliphatic heterocycles. The van der Waals surface area contributed by atoms with Crippen molar-refractivity contribution in [1.82, 2.24) is 14.9 Å². The lowest BCUT2D eigenvalue weighted by Crippen LogP contribution is -2.29. The summed E-state index contributed by atoms with van der Waals surface area (Å²) in [6.45, 7) is 8.85. The smallest absolute Gasteiger partial charge is 0.174 e. The maximum absolute atomic E-state index is 5.79. The molecule has 1 aliphatic rings. The quantitative estimate of drug-likeness (QED) is 0.616. The van der Waals surface area contributed by atoms with E-state index in [0.717, 1.165) is 16.5 Å². The number of benzene rings is 1. The molecule has 28 heavy (non-hydrogen) atoms. The van der Waals surface area contributed by atoms with E-state index in [9.17, 15) is 0 Å². The summed E-state index contributed by atoms with van der Waals surface area (Å²) in [5, 5.41) is 4.28. The highest BCUT2D eigenvalue weighted by Crippen LogP contribution is 2.43. The minimum Gasteiger partial charge on any atom is -0.351 e. The van der Waals surface area contributed by atoms with Crippen molar-refractivity contribution in [3.63, 3.8) is 0 Å². The molecule has 3 heterocycles. The molecule has 0 aliphatic carbocycles. The van der Waals surface area contributed by atoms with Crippen LogP contribution < -0.4 is 10.2 Å². The lowest BCUT2D eigenvalue weighted by molar-refractivity contribution is 0.547. The highest BCUT2D eigenvalue weighted by Gasteiger charge is 2.42. The predicted molar refractivity (Wildman–Crippen MR) is 119 cm³/mol. The van der Waals surface area contributed by atoms with Crippen LogP contribution in [-0.4, -0.2) is 14.7 Å². The second kappa shape index (κ2) is 7.40. The van der Waals surface area contributed by atoms with Gasteiger partial charge in [0.15, 0.2) is 5.11 Å². The molecular formula is C23H26N4S. The van der Waals surface area contributed by atoms with E-state index in [1.165, 1.54) is 17.0 Å². The van der Waals surface area contributed by atoms with E-state index in [2.05, 4.69) is 83.9 Å². The van der Waals surface area contributed by atoms with E-state index in [0.29, 0.717) is 6.04 Å². The first-order valence-corrected chi connectivity index (χ1v) is 10.1. The molecule has 1 N–H and O–H groups in total. The van der Waals surface area contributed by atoms with Crippen molar-refractivity contribution < 1.29 is 0 Å². The molecule has 4 rings (SSSR count). The monoisotopic (exact) mass is 390 g/mol. The van der Waals surface area contributed by atoms with Crippen LogP contribution in [0.2, 0.25) is 0 Å². The van der Waals surface area contributed by atoms with Gasteiger partial charge in [0.1, 0.15) is 0 Å². The van der Waals surface area contributed by atoms with E-state index >= 15 is 0 Å².